The van der Waals surface area contributed by atoms with E-state index in [9.17, 15) is 0 Å². The molecular weight excluding hydrogens is 294 g/mol. The zero-order valence-corrected chi connectivity index (χ0v) is 11.0. The number of hydrogen-bond acceptors (Lipinski definition) is 3. The minimum absolute atomic E-state index is 0.000606. The van der Waals surface area contributed by atoms with Crippen LogP contribution in [0.25, 0.3) is 0 Å². The lowest BCUT2D eigenvalue weighted by atomic mass is 10.2. The van der Waals surface area contributed by atoms with Crippen molar-refractivity contribution in [3.8, 4) is 17.6 Å². The zero-order chi connectivity index (χ0) is 13.0. The summed E-state index contributed by atoms with van der Waals surface area (Å²) in [6.07, 6.45) is 0. The van der Waals surface area contributed by atoms with Crippen molar-refractivity contribution >= 4 is 15.9 Å². The number of halogens is 1. The predicted octanol–water partition coefficient (Wildman–Crippen LogP) is 3.61. The highest BCUT2D eigenvalue weighted by atomic mass is 79.9. The summed E-state index contributed by atoms with van der Waals surface area (Å²) < 4.78 is 6.50. The Morgan fingerprint density at radius 2 is 1.89 bits per heavy atom. The molecule has 2 aromatic carbocycles. The molecule has 0 saturated carbocycles. The van der Waals surface area contributed by atoms with Gasteiger partial charge in [0, 0.05) is 4.47 Å². The topological polar surface area (TPSA) is 53.2 Å². The van der Waals surface area contributed by atoms with E-state index in [1.165, 1.54) is 0 Å². The molecule has 0 atom stereocenters. The SMILES string of the molecule is N#Cc1ccc(Br)cc1Oc1ccc(CO)cc1. The van der Waals surface area contributed by atoms with E-state index in [-0.39, 0.29) is 6.61 Å². The van der Waals surface area contributed by atoms with Gasteiger partial charge in [-0.2, -0.15) is 5.26 Å². The molecule has 2 rings (SSSR count). The van der Waals surface area contributed by atoms with Gasteiger partial charge in [0.05, 0.1) is 12.2 Å². The van der Waals surface area contributed by atoms with E-state index in [1.54, 1.807) is 42.5 Å². The molecule has 0 bridgehead atoms. The summed E-state index contributed by atoms with van der Waals surface area (Å²) in [6.45, 7) is 0.000606. The van der Waals surface area contributed by atoms with Crippen LogP contribution in [0, 0.1) is 11.3 Å². The summed E-state index contributed by atoms with van der Waals surface area (Å²) in [5.74, 6) is 1.13. The van der Waals surface area contributed by atoms with Crippen LogP contribution in [0.5, 0.6) is 11.5 Å². The fraction of sp³-hybridized carbons (Fsp3) is 0.0714. The third-order valence-corrected chi connectivity index (χ3v) is 2.89. The molecule has 2 aromatic rings. The highest BCUT2D eigenvalue weighted by Crippen LogP contribution is 2.28. The Bertz CT molecular complexity index is 588. The van der Waals surface area contributed by atoms with E-state index in [0.29, 0.717) is 17.1 Å². The number of benzene rings is 2. The van der Waals surface area contributed by atoms with Crippen molar-refractivity contribution in [2.45, 2.75) is 6.61 Å². The first-order valence-corrected chi connectivity index (χ1v) is 6.09. The van der Waals surface area contributed by atoms with Gasteiger partial charge in [-0.25, -0.2) is 0 Å². The second-order valence-electron chi connectivity index (χ2n) is 3.66. The standard InChI is InChI=1S/C14H10BrNO2/c15-12-4-3-11(8-16)14(7-12)18-13-5-1-10(9-17)2-6-13/h1-7,17H,9H2. The smallest absolute Gasteiger partial charge is 0.146 e. The Hall–Kier alpha value is -1.83. The van der Waals surface area contributed by atoms with E-state index >= 15 is 0 Å². The van der Waals surface area contributed by atoms with Gasteiger partial charge in [0.1, 0.15) is 17.6 Å². The quantitative estimate of drug-likeness (QED) is 0.942. The summed E-state index contributed by atoms with van der Waals surface area (Å²) >= 11 is 3.34. The van der Waals surface area contributed by atoms with Gasteiger partial charge in [-0.05, 0) is 35.9 Å². The molecule has 0 radical (unpaired) electrons. The second-order valence-corrected chi connectivity index (χ2v) is 4.57. The van der Waals surface area contributed by atoms with E-state index in [0.717, 1.165) is 10.0 Å². The fourth-order valence-electron chi connectivity index (χ4n) is 1.46. The van der Waals surface area contributed by atoms with Crippen LogP contribution in [0.2, 0.25) is 0 Å². The number of aliphatic hydroxyl groups excluding tert-OH is 1. The van der Waals surface area contributed by atoms with Crippen LogP contribution >= 0.6 is 15.9 Å². The first-order valence-electron chi connectivity index (χ1n) is 5.30. The molecule has 3 nitrogen and oxygen atoms in total. The number of nitrogens with zero attached hydrogens (tertiary/aromatic N) is 1. The molecule has 4 heteroatoms. The Kier molecular flexibility index (Phi) is 3.98. The molecule has 18 heavy (non-hydrogen) atoms. The average molecular weight is 304 g/mol. The number of nitriles is 1. The van der Waals surface area contributed by atoms with Crippen LogP contribution in [-0.2, 0) is 6.61 Å². The highest BCUT2D eigenvalue weighted by Gasteiger charge is 2.05. The summed E-state index contributed by atoms with van der Waals surface area (Å²) in [4.78, 5) is 0. The van der Waals surface area contributed by atoms with Crippen LogP contribution < -0.4 is 4.74 Å². The van der Waals surface area contributed by atoms with Gasteiger partial charge in [0.2, 0.25) is 0 Å². The van der Waals surface area contributed by atoms with Crippen molar-refractivity contribution in [1.29, 1.82) is 5.26 Å². The van der Waals surface area contributed by atoms with E-state index in [2.05, 4.69) is 22.0 Å². The Balaban J connectivity index is 2.27. The van der Waals surface area contributed by atoms with Crippen molar-refractivity contribution in [3.63, 3.8) is 0 Å². The van der Waals surface area contributed by atoms with Crippen molar-refractivity contribution in [2.24, 2.45) is 0 Å². The van der Waals surface area contributed by atoms with Gasteiger partial charge in [0.15, 0.2) is 0 Å². The van der Waals surface area contributed by atoms with Gasteiger partial charge < -0.3 is 9.84 Å². The molecule has 90 valence electrons. The lowest BCUT2D eigenvalue weighted by molar-refractivity contribution is 0.281. The maximum atomic E-state index is 8.99. The first-order chi connectivity index (χ1) is 8.72. The van der Waals surface area contributed by atoms with Gasteiger partial charge in [0.25, 0.3) is 0 Å². The molecule has 0 aliphatic rings. The molecule has 0 aliphatic carbocycles. The molecule has 0 saturated heterocycles. The molecule has 0 heterocycles. The monoisotopic (exact) mass is 303 g/mol. The molecule has 0 unspecified atom stereocenters. The van der Waals surface area contributed by atoms with E-state index in [1.807, 2.05) is 0 Å². The summed E-state index contributed by atoms with van der Waals surface area (Å²) in [6, 6.07) is 14.4. The highest BCUT2D eigenvalue weighted by molar-refractivity contribution is 9.10. The first kappa shape index (κ1) is 12.6. The predicted molar refractivity (Wildman–Crippen MR) is 71.3 cm³/mol. The Morgan fingerprint density at radius 3 is 2.50 bits per heavy atom. The minimum Gasteiger partial charge on any atom is -0.456 e. The van der Waals surface area contributed by atoms with Gasteiger partial charge in [-0.15, -0.1) is 0 Å². The van der Waals surface area contributed by atoms with Crippen LogP contribution in [0.4, 0.5) is 0 Å². The largest absolute Gasteiger partial charge is 0.456 e. The maximum Gasteiger partial charge on any atom is 0.146 e. The summed E-state index contributed by atoms with van der Waals surface area (Å²) in [7, 11) is 0. The van der Waals surface area contributed by atoms with Gasteiger partial charge in [-0.3, -0.25) is 0 Å². The van der Waals surface area contributed by atoms with Crippen LogP contribution in [0.1, 0.15) is 11.1 Å². The Labute approximate surface area is 113 Å². The minimum atomic E-state index is 0.000606. The van der Waals surface area contributed by atoms with Crippen LogP contribution in [0.3, 0.4) is 0 Å². The van der Waals surface area contributed by atoms with E-state index in [4.69, 9.17) is 15.1 Å². The summed E-state index contributed by atoms with van der Waals surface area (Å²) in [5.41, 5.74) is 1.29. The third-order valence-electron chi connectivity index (χ3n) is 2.40. The lowest BCUT2D eigenvalue weighted by Gasteiger charge is -2.08. The molecule has 0 aromatic heterocycles. The molecule has 0 aliphatic heterocycles. The second kappa shape index (κ2) is 5.67. The van der Waals surface area contributed by atoms with Crippen molar-refractivity contribution in [2.75, 3.05) is 0 Å². The van der Waals surface area contributed by atoms with E-state index < -0.39 is 0 Å². The van der Waals surface area contributed by atoms with Crippen LogP contribution in [0.15, 0.2) is 46.9 Å². The van der Waals surface area contributed by atoms with Crippen molar-refractivity contribution in [1.82, 2.24) is 0 Å². The molecule has 0 fully saturated rings. The average Bonchev–Trinajstić information content (AvgIpc) is 2.40. The number of ether oxygens (including phenoxy) is 1. The number of rotatable bonds is 3. The number of aliphatic hydroxyl groups is 1. The molecule has 0 spiro atoms. The third kappa shape index (κ3) is 2.89. The summed E-state index contributed by atoms with van der Waals surface area (Å²) in [5, 5.41) is 17.9. The molecule has 0 amide bonds. The van der Waals surface area contributed by atoms with Crippen molar-refractivity contribution in [3.05, 3.63) is 58.1 Å². The molecule has 1 N–H and O–H groups in total. The van der Waals surface area contributed by atoms with Gasteiger partial charge in [-0.1, -0.05) is 28.1 Å². The maximum absolute atomic E-state index is 8.99. The zero-order valence-electron chi connectivity index (χ0n) is 9.43. The lowest BCUT2D eigenvalue weighted by Crippen LogP contribution is -1.89. The van der Waals surface area contributed by atoms with Crippen LogP contribution in [-0.4, -0.2) is 5.11 Å². The van der Waals surface area contributed by atoms with Gasteiger partial charge >= 0.3 is 0 Å². The number of hydrogen-bond donors (Lipinski definition) is 1. The Morgan fingerprint density at radius 1 is 1.17 bits per heavy atom. The fourth-order valence-corrected chi connectivity index (χ4v) is 1.80. The molecular formula is C14H10BrNO2. The van der Waals surface area contributed by atoms with Crippen molar-refractivity contribution < 1.29 is 9.84 Å². The normalized spacial score (nSPS) is 9.83.